The lowest BCUT2D eigenvalue weighted by atomic mass is 10.0. The van der Waals surface area contributed by atoms with E-state index in [4.69, 9.17) is 15.9 Å². The summed E-state index contributed by atoms with van der Waals surface area (Å²) in [6, 6.07) is 6.98. The second-order valence-electron chi connectivity index (χ2n) is 4.61. The largest absolute Gasteiger partial charge is 0.481 e. The van der Waals surface area contributed by atoms with Crippen LogP contribution in [-0.4, -0.2) is 34.1 Å². The van der Waals surface area contributed by atoms with Crippen LogP contribution in [0.1, 0.15) is 30.9 Å². The number of amides is 1. The van der Waals surface area contributed by atoms with Gasteiger partial charge in [0.2, 0.25) is 5.91 Å². The number of benzene rings is 1. The van der Waals surface area contributed by atoms with E-state index in [-0.39, 0.29) is 19.3 Å². The first-order valence-electron chi connectivity index (χ1n) is 6.44. The Morgan fingerprint density at radius 2 is 1.71 bits per heavy atom. The molecule has 1 aromatic carbocycles. The number of carboxylic acid groups (broad SMARTS) is 2. The molecule has 2 atom stereocenters. The molecule has 114 valence electrons. The lowest BCUT2D eigenvalue weighted by molar-refractivity contribution is -0.138. The minimum absolute atomic E-state index is 0.00422. The molecule has 7 heteroatoms. The predicted octanol–water partition coefficient (Wildman–Crippen LogP) is 0.511. The van der Waals surface area contributed by atoms with Crippen LogP contribution >= 0.6 is 0 Å². The summed E-state index contributed by atoms with van der Waals surface area (Å²) in [5.74, 6) is -2.65. The first-order chi connectivity index (χ1) is 9.90. The average Bonchev–Trinajstić information content (AvgIpc) is 2.44. The molecule has 21 heavy (non-hydrogen) atoms. The third-order valence-electron chi connectivity index (χ3n) is 2.90. The van der Waals surface area contributed by atoms with E-state index in [0.717, 1.165) is 0 Å². The number of hydrogen-bond acceptors (Lipinski definition) is 4. The van der Waals surface area contributed by atoms with E-state index < -0.39 is 29.9 Å². The molecule has 0 saturated carbocycles. The van der Waals surface area contributed by atoms with E-state index in [1.807, 2.05) is 0 Å². The summed E-state index contributed by atoms with van der Waals surface area (Å²) in [6.45, 7) is 0. The monoisotopic (exact) mass is 294 g/mol. The van der Waals surface area contributed by atoms with Gasteiger partial charge in [-0.15, -0.1) is 0 Å². The smallest absolute Gasteiger partial charge is 0.305 e. The molecule has 0 aliphatic heterocycles. The van der Waals surface area contributed by atoms with Crippen LogP contribution in [0.5, 0.6) is 0 Å². The number of aliphatic carboxylic acids is 2. The van der Waals surface area contributed by atoms with Crippen LogP contribution in [0.2, 0.25) is 0 Å². The van der Waals surface area contributed by atoms with Crippen molar-refractivity contribution in [2.45, 2.75) is 31.3 Å². The zero-order valence-corrected chi connectivity index (χ0v) is 11.4. The van der Waals surface area contributed by atoms with Gasteiger partial charge >= 0.3 is 11.9 Å². The van der Waals surface area contributed by atoms with Crippen molar-refractivity contribution >= 4 is 17.8 Å². The number of hydrogen-bond donors (Lipinski definition) is 4. The van der Waals surface area contributed by atoms with Crippen LogP contribution in [0, 0.1) is 0 Å². The number of rotatable bonds is 8. The molecule has 1 aromatic rings. The van der Waals surface area contributed by atoms with Crippen molar-refractivity contribution in [1.82, 2.24) is 5.32 Å². The summed E-state index contributed by atoms with van der Waals surface area (Å²) in [7, 11) is 0. The molecule has 0 spiro atoms. The Labute approximate surface area is 121 Å². The third-order valence-corrected chi connectivity index (χ3v) is 2.90. The molecule has 2 unspecified atom stereocenters. The molecule has 7 nitrogen and oxygen atoms in total. The predicted molar refractivity (Wildman–Crippen MR) is 74.4 cm³/mol. The van der Waals surface area contributed by atoms with Gasteiger partial charge in [0.15, 0.2) is 0 Å². The van der Waals surface area contributed by atoms with E-state index in [2.05, 4.69) is 5.32 Å². The molecule has 0 heterocycles. The van der Waals surface area contributed by atoms with Gasteiger partial charge in [-0.05, 0) is 12.0 Å². The van der Waals surface area contributed by atoms with Gasteiger partial charge in [0.1, 0.15) is 0 Å². The molecule has 0 bridgehead atoms. The lowest BCUT2D eigenvalue weighted by Crippen LogP contribution is -2.43. The lowest BCUT2D eigenvalue weighted by Gasteiger charge is -2.20. The van der Waals surface area contributed by atoms with Crippen molar-refractivity contribution in [3.05, 3.63) is 35.9 Å². The molecule has 0 saturated heterocycles. The van der Waals surface area contributed by atoms with Crippen molar-refractivity contribution in [2.24, 2.45) is 5.73 Å². The fourth-order valence-electron chi connectivity index (χ4n) is 1.80. The first kappa shape index (κ1) is 16.6. The topological polar surface area (TPSA) is 130 Å². The average molecular weight is 294 g/mol. The number of carbonyl (C=O) groups is 3. The number of carbonyl (C=O) groups excluding carboxylic acids is 1. The van der Waals surface area contributed by atoms with E-state index in [0.29, 0.717) is 5.56 Å². The summed E-state index contributed by atoms with van der Waals surface area (Å²) in [4.78, 5) is 33.2. The van der Waals surface area contributed by atoms with Gasteiger partial charge in [0.25, 0.3) is 0 Å². The molecule has 0 aromatic heterocycles. The highest BCUT2D eigenvalue weighted by Crippen LogP contribution is 2.16. The fraction of sp³-hybridized carbons (Fsp3) is 0.357. The van der Waals surface area contributed by atoms with Crippen molar-refractivity contribution in [1.29, 1.82) is 0 Å². The molecule has 0 radical (unpaired) electrons. The van der Waals surface area contributed by atoms with Crippen molar-refractivity contribution in [3.63, 3.8) is 0 Å². The van der Waals surface area contributed by atoms with Crippen LogP contribution in [-0.2, 0) is 14.4 Å². The van der Waals surface area contributed by atoms with Gasteiger partial charge in [-0.2, -0.15) is 0 Å². The minimum Gasteiger partial charge on any atom is -0.481 e. The van der Waals surface area contributed by atoms with E-state index in [9.17, 15) is 14.4 Å². The van der Waals surface area contributed by atoms with Crippen molar-refractivity contribution in [3.8, 4) is 0 Å². The van der Waals surface area contributed by atoms with Gasteiger partial charge in [0, 0.05) is 6.42 Å². The highest BCUT2D eigenvalue weighted by atomic mass is 16.4. The standard InChI is InChI=1S/C14H18N2O5/c15-10(6-7-12(17)18)14(21)16-11(8-13(19)20)9-4-2-1-3-5-9/h1-5,10-11H,6-8,15H2,(H,16,21)(H,17,18)(H,19,20). The summed E-state index contributed by atoms with van der Waals surface area (Å²) < 4.78 is 0. The third kappa shape index (κ3) is 6.05. The Morgan fingerprint density at radius 1 is 1.10 bits per heavy atom. The van der Waals surface area contributed by atoms with Gasteiger partial charge in [-0.1, -0.05) is 30.3 Å². The number of nitrogens with two attached hydrogens (primary N) is 1. The molecular formula is C14H18N2O5. The Bertz CT molecular complexity index is 503. The maximum Gasteiger partial charge on any atom is 0.305 e. The van der Waals surface area contributed by atoms with Crippen molar-refractivity contribution < 1.29 is 24.6 Å². The molecule has 0 aliphatic carbocycles. The van der Waals surface area contributed by atoms with Gasteiger partial charge in [0.05, 0.1) is 18.5 Å². The van der Waals surface area contributed by atoms with Crippen LogP contribution in [0.3, 0.4) is 0 Å². The maximum atomic E-state index is 11.9. The summed E-state index contributed by atoms with van der Waals surface area (Å²) in [5, 5.41) is 20.0. The number of nitrogens with one attached hydrogen (secondary N) is 1. The van der Waals surface area contributed by atoms with E-state index >= 15 is 0 Å². The molecule has 1 amide bonds. The summed E-state index contributed by atoms with van der Waals surface area (Å²) >= 11 is 0. The first-order valence-corrected chi connectivity index (χ1v) is 6.44. The zero-order chi connectivity index (χ0) is 15.8. The second kappa shape index (κ2) is 8.01. The quantitative estimate of drug-likeness (QED) is 0.552. The van der Waals surface area contributed by atoms with Crippen LogP contribution in [0.25, 0.3) is 0 Å². The highest BCUT2D eigenvalue weighted by Gasteiger charge is 2.21. The molecule has 0 fully saturated rings. The Morgan fingerprint density at radius 3 is 2.24 bits per heavy atom. The molecule has 1 rings (SSSR count). The second-order valence-corrected chi connectivity index (χ2v) is 4.61. The molecule has 0 aliphatic rings. The molecule has 5 N–H and O–H groups in total. The van der Waals surface area contributed by atoms with Gasteiger partial charge in [-0.25, -0.2) is 0 Å². The SMILES string of the molecule is NC(CCC(=O)O)C(=O)NC(CC(=O)O)c1ccccc1. The highest BCUT2D eigenvalue weighted by molar-refractivity contribution is 5.83. The van der Waals surface area contributed by atoms with E-state index in [1.165, 1.54) is 0 Å². The van der Waals surface area contributed by atoms with Crippen LogP contribution in [0.4, 0.5) is 0 Å². The van der Waals surface area contributed by atoms with E-state index in [1.54, 1.807) is 30.3 Å². The summed E-state index contributed by atoms with van der Waals surface area (Å²) in [6.07, 6.45) is -0.499. The van der Waals surface area contributed by atoms with Gasteiger partial charge in [-0.3, -0.25) is 14.4 Å². The maximum absolute atomic E-state index is 11.9. The number of carboxylic acids is 2. The van der Waals surface area contributed by atoms with Crippen molar-refractivity contribution in [2.75, 3.05) is 0 Å². The van der Waals surface area contributed by atoms with Crippen LogP contribution in [0.15, 0.2) is 30.3 Å². The van der Waals surface area contributed by atoms with Gasteiger partial charge < -0.3 is 21.3 Å². The normalized spacial score (nSPS) is 13.2. The fourth-order valence-corrected chi connectivity index (χ4v) is 1.80. The Balaban J connectivity index is 2.70. The summed E-state index contributed by atoms with van der Waals surface area (Å²) in [5.41, 5.74) is 6.25. The Kier molecular flexibility index (Phi) is 6.35. The zero-order valence-electron chi connectivity index (χ0n) is 11.4. The minimum atomic E-state index is -1.05. The Hall–Kier alpha value is -2.41. The van der Waals surface area contributed by atoms with Crippen LogP contribution < -0.4 is 11.1 Å². The molecular weight excluding hydrogens is 276 g/mol.